The Morgan fingerprint density at radius 3 is 2.46 bits per heavy atom. The van der Waals surface area contributed by atoms with Crippen molar-refractivity contribution in [1.82, 2.24) is 10.2 Å². The molecule has 0 aromatic heterocycles. The van der Waals surface area contributed by atoms with Crippen LogP contribution in [0.15, 0.2) is 72.8 Å². The van der Waals surface area contributed by atoms with Crippen LogP contribution in [0.2, 0.25) is 5.02 Å². The standard InChI is InChI=1S/C30H34ClF3N2O2.ClH/c1-3-35-28(37)19-23-10-7-14-26(18-23)38-17-9-16-36(20-22(2)24-11-5-4-6-12-24)21-25-13-8-15-27(29(25)31)30(32,33)34;/h4-8,10-15,18,22H,3,9,16-17,19-21H2,1-2H3,(H,35,37);1H/t22-;/m1./s1. The number of carbonyl (C=O) groups excluding carboxylic acids is 1. The Bertz CT molecular complexity index is 1180. The van der Waals surface area contributed by atoms with E-state index in [0.29, 0.717) is 50.5 Å². The SMILES string of the molecule is CCNC(=O)Cc1cccc(OCCCN(Cc2cccc(C(F)(F)F)c2Cl)C[C@@H](C)c2ccccc2)c1.Cl. The van der Waals surface area contributed by atoms with Gasteiger partial charge in [-0.1, -0.05) is 73.1 Å². The number of halogens is 5. The molecule has 3 aromatic rings. The lowest BCUT2D eigenvalue weighted by Gasteiger charge is -2.27. The summed E-state index contributed by atoms with van der Waals surface area (Å²) in [6.07, 6.45) is -3.55. The lowest BCUT2D eigenvalue weighted by Crippen LogP contribution is -2.30. The predicted octanol–water partition coefficient (Wildman–Crippen LogP) is 7.53. The molecule has 0 spiro atoms. The minimum Gasteiger partial charge on any atom is -0.494 e. The number of carbonyl (C=O) groups is 1. The van der Waals surface area contributed by atoms with Gasteiger partial charge in [-0.25, -0.2) is 0 Å². The molecular formula is C30H35Cl2F3N2O2. The molecule has 0 radical (unpaired) electrons. The molecule has 3 rings (SSSR count). The second kappa shape index (κ2) is 15.8. The molecule has 0 aliphatic carbocycles. The summed E-state index contributed by atoms with van der Waals surface area (Å²) < 4.78 is 46.2. The Morgan fingerprint density at radius 2 is 1.77 bits per heavy atom. The zero-order valence-corrected chi connectivity index (χ0v) is 23.7. The van der Waals surface area contributed by atoms with E-state index in [1.165, 1.54) is 6.07 Å². The highest BCUT2D eigenvalue weighted by molar-refractivity contribution is 6.32. The van der Waals surface area contributed by atoms with Crippen LogP contribution in [0, 0.1) is 0 Å². The second-order valence-corrected chi connectivity index (χ2v) is 9.68. The minimum atomic E-state index is -4.51. The number of nitrogens with one attached hydrogen (secondary N) is 1. The van der Waals surface area contributed by atoms with E-state index in [9.17, 15) is 18.0 Å². The van der Waals surface area contributed by atoms with E-state index in [1.54, 1.807) is 6.07 Å². The van der Waals surface area contributed by atoms with Crippen LogP contribution in [0.1, 0.15) is 48.4 Å². The first kappa shape index (κ1) is 32.5. The van der Waals surface area contributed by atoms with Crippen molar-refractivity contribution in [3.05, 3.63) is 100 Å². The van der Waals surface area contributed by atoms with Crippen LogP contribution in [0.3, 0.4) is 0 Å². The number of ether oxygens (including phenoxy) is 1. The van der Waals surface area contributed by atoms with Gasteiger partial charge in [0.2, 0.25) is 5.91 Å². The summed E-state index contributed by atoms with van der Waals surface area (Å²) in [6.45, 7) is 6.55. The monoisotopic (exact) mass is 582 g/mol. The highest BCUT2D eigenvalue weighted by Gasteiger charge is 2.34. The lowest BCUT2D eigenvalue weighted by atomic mass is 10.00. The fraction of sp³-hybridized carbons (Fsp3) is 0.367. The Balaban J connectivity index is 0.00000533. The average Bonchev–Trinajstić information content (AvgIpc) is 2.88. The van der Waals surface area contributed by atoms with E-state index >= 15 is 0 Å². The van der Waals surface area contributed by atoms with Gasteiger partial charge >= 0.3 is 6.18 Å². The molecule has 0 aliphatic heterocycles. The van der Waals surface area contributed by atoms with Crippen LogP contribution in [0.25, 0.3) is 0 Å². The molecular weight excluding hydrogens is 548 g/mol. The van der Waals surface area contributed by atoms with Crippen molar-refractivity contribution in [3.63, 3.8) is 0 Å². The van der Waals surface area contributed by atoms with Gasteiger partial charge in [0.15, 0.2) is 0 Å². The number of amides is 1. The number of rotatable bonds is 13. The molecule has 0 bridgehead atoms. The average molecular weight is 584 g/mol. The fourth-order valence-corrected chi connectivity index (χ4v) is 4.63. The summed E-state index contributed by atoms with van der Waals surface area (Å²) in [7, 11) is 0. The highest BCUT2D eigenvalue weighted by atomic mass is 35.5. The zero-order chi connectivity index (χ0) is 27.5. The fourth-order valence-electron chi connectivity index (χ4n) is 4.34. The number of likely N-dealkylation sites (N-methyl/N-ethyl adjacent to an activating group) is 1. The molecule has 0 heterocycles. The third-order valence-electron chi connectivity index (χ3n) is 6.20. The molecule has 1 N–H and O–H groups in total. The van der Waals surface area contributed by atoms with E-state index in [1.807, 2.05) is 49.4 Å². The quantitative estimate of drug-likeness (QED) is 0.212. The third kappa shape index (κ3) is 10.4. The summed E-state index contributed by atoms with van der Waals surface area (Å²) in [5.74, 6) is 0.811. The second-order valence-electron chi connectivity index (χ2n) is 9.30. The van der Waals surface area contributed by atoms with Crippen molar-refractivity contribution in [1.29, 1.82) is 0 Å². The van der Waals surface area contributed by atoms with Gasteiger partial charge in [0.25, 0.3) is 0 Å². The summed E-state index contributed by atoms with van der Waals surface area (Å²) in [5, 5.41) is 2.53. The normalized spacial score (nSPS) is 12.1. The number of hydrogen-bond acceptors (Lipinski definition) is 3. The molecule has 9 heteroatoms. The van der Waals surface area contributed by atoms with Crippen LogP contribution in [-0.2, 0) is 23.9 Å². The molecule has 4 nitrogen and oxygen atoms in total. The smallest absolute Gasteiger partial charge is 0.417 e. The van der Waals surface area contributed by atoms with Crippen molar-refractivity contribution >= 4 is 29.9 Å². The van der Waals surface area contributed by atoms with Gasteiger partial charge in [0, 0.05) is 26.2 Å². The van der Waals surface area contributed by atoms with E-state index in [4.69, 9.17) is 16.3 Å². The molecule has 0 unspecified atom stereocenters. The Kier molecular flexibility index (Phi) is 13.1. The first-order valence-electron chi connectivity index (χ1n) is 12.8. The number of alkyl halides is 3. The zero-order valence-electron chi connectivity index (χ0n) is 22.1. The molecule has 0 saturated heterocycles. The van der Waals surface area contributed by atoms with E-state index < -0.39 is 11.7 Å². The molecule has 1 amide bonds. The van der Waals surface area contributed by atoms with Crippen LogP contribution in [-0.4, -0.2) is 37.0 Å². The van der Waals surface area contributed by atoms with E-state index in [-0.39, 0.29) is 35.7 Å². The number of benzene rings is 3. The van der Waals surface area contributed by atoms with Gasteiger partial charge in [-0.15, -0.1) is 12.4 Å². The van der Waals surface area contributed by atoms with Gasteiger partial charge in [-0.3, -0.25) is 9.69 Å². The first-order chi connectivity index (χ1) is 18.2. The van der Waals surface area contributed by atoms with Crippen molar-refractivity contribution in [2.45, 2.75) is 45.3 Å². The van der Waals surface area contributed by atoms with E-state index in [0.717, 1.165) is 17.2 Å². The molecule has 0 aliphatic rings. The summed E-state index contributed by atoms with van der Waals surface area (Å²) in [6, 6.07) is 21.5. The van der Waals surface area contributed by atoms with Gasteiger partial charge in [-0.2, -0.15) is 13.2 Å². The van der Waals surface area contributed by atoms with Gasteiger partial charge < -0.3 is 10.1 Å². The van der Waals surface area contributed by atoms with Gasteiger partial charge in [-0.05, 0) is 54.2 Å². The highest BCUT2D eigenvalue weighted by Crippen LogP contribution is 2.36. The summed E-state index contributed by atoms with van der Waals surface area (Å²) >= 11 is 6.20. The van der Waals surface area contributed by atoms with Gasteiger partial charge in [0.05, 0.1) is 23.6 Å². The van der Waals surface area contributed by atoms with Crippen molar-refractivity contribution < 1.29 is 22.7 Å². The Hall–Kier alpha value is -2.74. The molecule has 39 heavy (non-hydrogen) atoms. The summed E-state index contributed by atoms with van der Waals surface area (Å²) in [5.41, 5.74) is 1.66. The van der Waals surface area contributed by atoms with Crippen molar-refractivity contribution in [2.75, 3.05) is 26.2 Å². The molecule has 0 fully saturated rings. The molecule has 3 aromatic carbocycles. The van der Waals surface area contributed by atoms with Gasteiger partial charge in [0.1, 0.15) is 5.75 Å². The number of hydrogen-bond donors (Lipinski definition) is 1. The Morgan fingerprint density at radius 1 is 1.05 bits per heavy atom. The van der Waals surface area contributed by atoms with Crippen LogP contribution >= 0.6 is 24.0 Å². The predicted molar refractivity (Wildman–Crippen MR) is 153 cm³/mol. The molecule has 0 saturated carbocycles. The maximum Gasteiger partial charge on any atom is 0.417 e. The third-order valence-corrected chi connectivity index (χ3v) is 6.65. The maximum atomic E-state index is 13.4. The first-order valence-corrected chi connectivity index (χ1v) is 13.2. The van der Waals surface area contributed by atoms with E-state index in [2.05, 4.69) is 29.3 Å². The van der Waals surface area contributed by atoms with Crippen molar-refractivity contribution in [3.8, 4) is 5.75 Å². The molecule has 1 atom stereocenters. The van der Waals surface area contributed by atoms with Crippen molar-refractivity contribution in [2.24, 2.45) is 0 Å². The van der Waals surface area contributed by atoms with Crippen LogP contribution in [0.4, 0.5) is 13.2 Å². The topological polar surface area (TPSA) is 41.6 Å². The summed E-state index contributed by atoms with van der Waals surface area (Å²) in [4.78, 5) is 14.0. The minimum absolute atomic E-state index is 0. The number of nitrogens with zero attached hydrogens (tertiary/aromatic N) is 1. The Labute approximate surface area is 239 Å². The largest absolute Gasteiger partial charge is 0.494 e. The maximum absolute atomic E-state index is 13.4. The lowest BCUT2D eigenvalue weighted by molar-refractivity contribution is -0.137. The van der Waals surface area contributed by atoms with Crippen LogP contribution in [0.5, 0.6) is 5.75 Å². The van der Waals surface area contributed by atoms with Crippen LogP contribution < -0.4 is 10.1 Å². The molecule has 212 valence electrons.